The van der Waals surface area contributed by atoms with Crippen molar-refractivity contribution in [2.75, 3.05) is 18.6 Å². The van der Waals surface area contributed by atoms with Crippen LogP contribution in [0.4, 0.5) is 0 Å². The summed E-state index contributed by atoms with van der Waals surface area (Å²) in [7, 11) is -5.39. The molecule has 106 valence electrons. The predicted octanol–water partition coefficient (Wildman–Crippen LogP) is 0.161. The predicted molar refractivity (Wildman–Crippen MR) is 70.4 cm³/mol. The first-order valence-corrected chi connectivity index (χ1v) is 9.00. The number of benzene rings is 1. The van der Waals surface area contributed by atoms with Crippen LogP contribution in [-0.4, -0.2) is 41.5 Å². The molecule has 2 rings (SSSR count). The Morgan fingerprint density at radius 3 is 2.68 bits per heavy atom. The van der Waals surface area contributed by atoms with Gasteiger partial charge in [-0.25, -0.2) is 21.6 Å². The fourth-order valence-electron chi connectivity index (χ4n) is 1.94. The van der Waals surface area contributed by atoms with Gasteiger partial charge in [0.15, 0.2) is 9.84 Å². The second-order valence-corrected chi connectivity index (χ2v) is 8.34. The topological polar surface area (TPSA) is 89.5 Å². The first kappa shape index (κ1) is 14.3. The van der Waals surface area contributed by atoms with Crippen LogP contribution >= 0.6 is 0 Å². The quantitative estimate of drug-likeness (QED) is 0.856. The molecule has 0 radical (unpaired) electrons. The van der Waals surface area contributed by atoms with Crippen molar-refractivity contribution in [3.8, 4) is 5.75 Å². The standard InChI is InChI=1S/C11H15NO5S2/c1-17-10-3-2-4-11(7-10)19(15,16)12-9-5-6-18(13,14)8-9/h2-4,7,9,12H,5-6,8H2,1H3. The van der Waals surface area contributed by atoms with E-state index in [4.69, 9.17) is 4.74 Å². The molecule has 0 aromatic heterocycles. The second kappa shape index (κ2) is 5.10. The van der Waals surface area contributed by atoms with Crippen LogP contribution in [0.25, 0.3) is 0 Å². The Morgan fingerprint density at radius 2 is 2.11 bits per heavy atom. The molecule has 8 heteroatoms. The molecule has 1 fully saturated rings. The van der Waals surface area contributed by atoms with Crippen LogP contribution in [0, 0.1) is 0 Å². The zero-order valence-electron chi connectivity index (χ0n) is 10.4. The molecular formula is C11H15NO5S2. The Kier molecular flexibility index (Phi) is 3.84. The maximum Gasteiger partial charge on any atom is 0.240 e. The lowest BCUT2D eigenvalue weighted by Gasteiger charge is -2.12. The van der Waals surface area contributed by atoms with Crippen molar-refractivity contribution in [1.82, 2.24) is 4.72 Å². The molecule has 0 saturated carbocycles. The third kappa shape index (κ3) is 3.46. The highest BCUT2D eigenvalue weighted by atomic mass is 32.2. The molecule has 1 atom stereocenters. The van der Waals surface area contributed by atoms with Crippen LogP contribution in [0.1, 0.15) is 6.42 Å². The Bertz CT molecular complexity index is 666. The SMILES string of the molecule is COc1cccc(S(=O)(=O)NC2CCS(=O)(=O)C2)c1. The van der Waals surface area contributed by atoms with Gasteiger partial charge < -0.3 is 4.74 Å². The molecule has 6 nitrogen and oxygen atoms in total. The van der Waals surface area contributed by atoms with E-state index < -0.39 is 25.9 Å². The molecule has 1 aliphatic rings. The minimum atomic E-state index is -3.72. The molecule has 1 saturated heterocycles. The fraction of sp³-hybridized carbons (Fsp3) is 0.455. The average molecular weight is 305 g/mol. The number of nitrogens with one attached hydrogen (secondary N) is 1. The number of hydrogen-bond acceptors (Lipinski definition) is 5. The Hall–Kier alpha value is -1.12. The zero-order valence-corrected chi connectivity index (χ0v) is 12.0. The van der Waals surface area contributed by atoms with Gasteiger partial charge in [0.05, 0.1) is 23.5 Å². The van der Waals surface area contributed by atoms with E-state index in [-0.39, 0.29) is 16.4 Å². The number of sulfonamides is 1. The van der Waals surface area contributed by atoms with Gasteiger partial charge in [-0.05, 0) is 18.6 Å². The highest BCUT2D eigenvalue weighted by Crippen LogP contribution is 2.19. The normalized spacial score (nSPS) is 22.3. The fourth-order valence-corrected chi connectivity index (χ4v) is 5.03. The largest absolute Gasteiger partial charge is 0.497 e. The first-order valence-electron chi connectivity index (χ1n) is 5.69. The molecule has 1 aromatic carbocycles. The summed E-state index contributed by atoms with van der Waals surface area (Å²) in [4.78, 5) is 0.0659. The maximum atomic E-state index is 12.1. The minimum Gasteiger partial charge on any atom is -0.497 e. The summed E-state index contributed by atoms with van der Waals surface area (Å²) >= 11 is 0. The maximum absolute atomic E-state index is 12.1. The van der Waals surface area contributed by atoms with Gasteiger partial charge in [0.25, 0.3) is 0 Å². The van der Waals surface area contributed by atoms with Crippen molar-refractivity contribution in [2.24, 2.45) is 0 Å². The van der Waals surface area contributed by atoms with E-state index in [1.54, 1.807) is 12.1 Å². The highest BCUT2D eigenvalue weighted by Gasteiger charge is 2.31. The smallest absolute Gasteiger partial charge is 0.240 e. The van der Waals surface area contributed by atoms with E-state index in [1.807, 2.05) is 0 Å². The van der Waals surface area contributed by atoms with Gasteiger partial charge in [0.2, 0.25) is 10.0 Å². The summed E-state index contributed by atoms with van der Waals surface area (Å²) < 4.78 is 54.2. The summed E-state index contributed by atoms with van der Waals surface area (Å²) in [5.74, 6) is 0.316. The number of rotatable bonds is 4. The molecule has 0 bridgehead atoms. The second-order valence-electron chi connectivity index (χ2n) is 4.40. The summed E-state index contributed by atoms with van der Waals surface area (Å²) in [5.41, 5.74) is 0. The van der Waals surface area contributed by atoms with E-state index in [1.165, 1.54) is 19.2 Å². The van der Waals surface area contributed by atoms with Crippen molar-refractivity contribution in [3.05, 3.63) is 24.3 Å². The Morgan fingerprint density at radius 1 is 1.37 bits per heavy atom. The third-order valence-corrected chi connectivity index (χ3v) is 6.19. The molecule has 0 spiro atoms. The highest BCUT2D eigenvalue weighted by molar-refractivity contribution is 7.92. The van der Waals surface area contributed by atoms with Crippen molar-refractivity contribution >= 4 is 19.9 Å². The van der Waals surface area contributed by atoms with Crippen molar-refractivity contribution in [3.63, 3.8) is 0 Å². The Balaban J connectivity index is 2.19. The van der Waals surface area contributed by atoms with Crippen LogP contribution in [0.3, 0.4) is 0 Å². The van der Waals surface area contributed by atoms with E-state index in [9.17, 15) is 16.8 Å². The molecule has 1 aromatic rings. The lowest BCUT2D eigenvalue weighted by Crippen LogP contribution is -2.35. The van der Waals surface area contributed by atoms with Gasteiger partial charge >= 0.3 is 0 Å². The van der Waals surface area contributed by atoms with Crippen molar-refractivity contribution in [2.45, 2.75) is 17.4 Å². The van der Waals surface area contributed by atoms with Crippen LogP contribution in [0.5, 0.6) is 5.75 Å². The summed E-state index contributed by atoms with van der Waals surface area (Å²) in [6, 6.07) is 5.49. The van der Waals surface area contributed by atoms with Crippen molar-refractivity contribution < 1.29 is 21.6 Å². The monoisotopic (exact) mass is 305 g/mol. The molecule has 1 unspecified atom stereocenters. The summed E-state index contributed by atoms with van der Waals surface area (Å²) in [6.07, 6.45) is 0.311. The van der Waals surface area contributed by atoms with Gasteiger partial charge in [-0.15, -0.1) is 0 Å². The van der Waals surface area contributed by atoms with Crippen LogP contribution < -0.4 is 9.46 Å². The molecule has 1 N–H and O–H groups in total. The van der Waals surface area contributed by atoms with Crippen LogP contribution in [0.2, 0.25) is 0 Å². The third-order valence-electron chi connectivity index (χ3n) is 2.91. The van der Waals surface area contributed by atoms with E-state index in [0.29, 0.717) is 12.2 Å². The molecule has 19 heavy (non-hydrogen) atoms. The van der Waals surface area contributed by atoms with Gasteiger partial charge in [0, 0.05) is 12.1 Å². The van der Waals surface area contributed by atoms with Gasteiger partial charge in [-0.1, -0.05) is 6.07 Å². The lowest BCUT2D eigenvalue weighted by atomic mass is 10.3. The Labute approximate surface area is 112 Å². The first-order chi connectivity index (χ1) is 8.82. The van der Waals surface area contributed by atoms with E-state index in [2.05, 4.69) is 4.72 Å². The molecule has 1 heterocycles. The van der Waals surface area contributed by atoms with Gasteiger partial charge in [0.1, 0.15) is 5.75 Å². The molecule has 0 aliphatic carbocycles. The van der Waals surface area contributed by atoms with E-state index in [0.717, 1.165) is 0 Å². The van der Waals surface area contributed by atoms with E-state index >= 15 is 0 Å². The van der Waals surface area contributed by atoms with Gasteiger partial charge in [-0.3, -0.25) is 0 Å². The van der Waals surface area contributed by atoms with Gasteiger partial charge in [-0.2, -0.15) is 0 Å². The number of sulfone groups is 1. The van der Waals surface area contributed by atoms with Crippen molar-refractivity contribution in [1.29, 1.82) is 0 Å². The summed E-state index contributed by atoms with van der Waals surface area (Å²) in [6.45, 7) is 0. The molecule has 0 amide bonds. The lowest BCUT2D eigenvalue weighted by molar-refractivity contribution is 0.413. The molecule has 1 aliphatic heterocycles. The molecular weight excluding hydrogens is 290 g/mol. The number of ether oxygens (including phenoxy) is 1. The number of hydrogen-bond donors (Lipinski definition) is 1. The minimum absolute atomic E-state index is 0.0261. The average Bonchev–Trinajstić information content (AvgIpc) is 2.68. The van der Waals surface area contributed by atoms with Crippen LogP contribution in [-0.2, 0) is 19.9 Å². The summed E-state index contributed by atoms with van der Waals surface area (Å²) in [5, 5.41) is 0. The van der Waals surface area contributed by atoms with Crippen LogP contribution in [0.15, 0.2) is 29.2 Å². The zero-order chi connectivity index (χ0) is 14.1. The number of methoxy groups -OCH3 is 1.